The highest BCUT2D eigenvalue weighted by Gasteiger charge is 2.20. The van der Waals surface area contributed by atoms with Gasteiger partial charge in [0, 0.05) is 13.6 Å². The maximum absolute atomic E-state index is 6.11. The van der Waals surface area contributed by atoms with E-state index in [1.165, 1.54) is 25.7 Å². The van der Waals surface area contributed by atoms with Crippen molar-refractivity contribution < 1.29 is 0 Å². The second-order valence-electron chi connectivity index (χ2n) is 5.44. The van der Waals surface area contributed by atoms with Gasteiger partial charge in [0.2, 0.25) is 0 Å². The molecule has 96 valence electrons. The molecular formula is C13H24N4. The second-order valence-corrected chi connectivity index (χ2v) is 5.44. The van der Waals surface area contributed by atoms with Crippen molar-refractivity contribution in [2.45, 2.75) is 45.4 Å². The van der Waals surface area contributed by atoms with Gasteiger partial charge in [0.25, 0.3) is 0 Å². The van der Waals surface area contributed by atoms with Crippen LogP contribution in [0.2, 0.25) is 0 Å². The van der Waals surface area contributed by atoms with Crippen molar-refractivity contribution in [1.29, 1.82) is 0 Å². The summed E-state index contributed by atoms with van der Waals surface area (Å²) < 4.78 is 1.86. The van der Waals surface area contributed by atoms with Crippen molar-refractivity contribution in [2.75, 3.05) is 17.6 Å². The van der Waals surface area contributed by atoms with E-state index in [2.05, 4.69) is 24.3 Å². The molecule has 4 nitrogen and oxygen atoms in total. The average Bonchev–Trinajstić information content (AvgIpc) is 3.04. The van der Waals surface area contributed by atoms with E-state index in [1.807, 2.05) is 11.7 Å². The van der Waals surface area contributed by atoms with Gasteiger partial charge in [-0.05, 0) is 24.7 Å². The van der Waals surface area contributed by atoms with Gasteiger partial charge in [-0.15, -0.1) is 0 Å². The van der Waals surface area contributed by atoms with Crippen LogP contribution < -0.4 is 11.1 Å². The van der Waals surface area contributed by atoms with E-state index in [0.29, 0.717) is 5.92 Å². The van der Waals surface area contributed by atoms with Gasteiger partial charge >= 0.3 is 0 Å². The Balaban J connectivity index is 1.89. The van der Waals surface area contributed by atoms with Crippen LogP contribution in [0.25, 0.3) is 0 Å². The molecule has 1 aromatic heterocycles. The fourth-order valence-electron chi connectivity index (χ4n) is 2.20. The smallest absolute Gasteiger partial charge is 0.147 e. The summed E-state index contributed by atoms with van der Waals surface area (Å²) in [6.07, 6.45) is 5.45. The average molecular weight is 236 g/mol. The third-order valence-corrected chi connectivity index (χ3v) is 3.44. The summed E-state index contributed by atoms with van der Waals surface area (Å²) in [4.78, 5) is 0. The van der Waals surface area contributed by atoms with Crippen LogP contribution in [0.3, 0.4) is 0 Å². The van der Waals surface area contributed by atoms with Crippen molar-refractivity contribution in [3.63, 3.8) is 0 Å². The largest absolute Gasteiger partial charge is 0.394 e. The third-order valence-electron chi connectivity index (χ3n) is 3.44. The molecule has 2 rings (SSSR count). The van der Waals surface area contributed by atoms with Gasteiger partial charge in [-0.3, -0.25) is 4.68 Å². The molecule has 0 spiro atoms. The first-order chi connectivity index (χ1) is 8.09. The Hall–Kier alpha value is -1.19. The van der Waals surface area contributed by atoms with Crippen molar-refractivity contribution in [3.05, 3.63) is 5.69 Å². The molecule has 1 aliphatic rings. The molecule has 1 aromatic rings. The summed E-state index contributed by atoms with van der Waals surface area (Å²) in [5.41, 5.74) is 7.92. The maximum Gasteiger partial charge on any atom is 0.147 e. The Kier molecular flexibility index (Phi) is 3.60. The predicted octanol–water partition coefficient (Wildman–Crippen LogP) is 2.73. The first kappa shape index (κ1) is 12.3. The lowest BCUT2D eigenvalue weighted by molar-refractivity contribution is 0.677. The highest BCUT2D eigenvalue weighted by molar-refractivity contribution is 5.65. The number of nitrogens with zero attached hydrogens (tertiary/aromatic N) is 2. The van der Waals surface area contributed by atoms with Crippen LogP contribution in [0.15, 0.2) is 0 Å². The minimum atomic E-state index is 0.378. The molecule has 0 unspecified atom stereocenters. The molecule has 17 heavy (non-hydrogen) atoms. The Bertz CT molecular complexity index is 377. The Labute approximate surface area is 104 Å². The third kappa shape index (κ3) is 2.93. The van der Waals surface area contributed by atoms with E-state index in [4.69, 9.17) is 5.73 Å². The predicted molar refractivity (Wildman–Crippen MR) is 72.2 cm³/mol. The van der Waals surface area contributed by atoms with E-state index in [9.17, 15) is 0 Å². The molecule has 0 amide bonds. The monoisotopic (exact) mass is 236 g/mol. The Morgan fingerprint density at radius 3 is 2.71 bits per heavy atom. The van der Waals surface area contributed by atoms with Crippen LogP contribution in [0, 0.1) is 5.92 Å². The Morgan fingerprint density at radius 2 is 2.18 bits per heavy atom. The molecule has 0 radical (unpaired) electrons. The number of hydrogen-bond donors (Lipinski definition) is 2. The van der Waals surface area contributed by atoms with Crippen LogP contribution in [0.5, 0.6) is 0 Å². The molecule has 1 heterocycles. The number of nitrogens with two attached hydrogens (primary N) is 1. The van der Waals surface area contributed by atoms with E-state index < -0.39 is 0 Å². The van der Waals surface area contributed by atoms with Crippen LogP contribution >= 0.6 is 0 Å². The number of rotatable bonds is 6. The lowest BCUT2D eigenvalue weighted by atomic mass is 10.1. The molecule has 1 fully saturated rings. The van der Waals surface area contributed by atoms with Gasteiger partial charge in [-0.2, -0.15) is 5.10 Å². The zero-order chi connectivity index (χ0) is 12.4. The molecule has 0 aromatic carbocycles. The van der Waals surface area contributed by atoms with E-state index in [-0.39, 0.29) is 0 Å². The summed E-state index contributed by atoms with van der Waals surface area (Å²) in [6, 6.07) is 0. The highest BCUT2D eigenvalue weighted by Crippen LogP contribution is 2.33. The number of aromatic nitrogens is 2. The molecule has 4 heteroatoms. The molecule has 1 aliphatic carbocycles. The van der Waals surface area contributed by atoms with Crippen LogP contribution in [-0.2, 0) is 7.05 Å². The molecule has 0 aliphatic heterocycles. The number of hydrogen-bond acceptors (Lipinski definition) is 3. The van der Waals surface area contributed by atoms with Gasteiger partial charge in [-0.1, -0.05) is 26.7 Å². The normalized spacial score (nSPS) is 15.5. The fraction of sp³-hybridized carbons (Fsp3) is 0.769. The molecular weight excluding hydrogens is 212 g/mol. The van der Waals surface area contributed by atoms with E-state index in [1.54, 1.807) is 0 Å². The van der Waals surface area contributed by atoms with Gasteiger partial charge in [-0.25, -0.2) is 0 Å². The summed E-state index contributed by atoms with van der Waals surface area (Å²) in [7, 11) is 1.95. The van der Waals surface area contributed by atoms with Crippen LogP contribution in [0.1, 0.15) is 51.1 Å². The van der Waals surface area contributed by atoms with Crippen molar-refractivity contribution in [1.82, 2.24) is 9.78 Å². The van der Waals surface area contributed by atoms with Gasteiger partial charge in [0.1, 0.15) is 5.82 Å². The van der Waals surface area contributed by atoms with Gasteiger partial charge < -0.3 is 11.1 Å². The fourth-order valence-corrected chi connectivity index (χ4v) is 2.20. The molecule has 1 saturated carbocycles. The summed E-state index contributed by atoms with van der Waals surface area (Å²) in [6.45, 7) is 5.24. The highest BCUT2D eigenvalue weighted by atomic mass is 15.3. The van der Waals surface area contributed by atoms with Gasteiger partial charge in [0.15, 0.2) is 0 Å². The first-order valence-corrected chi connectivity index (χ1v) is 6.65. The summed E-state index contributed by atoms with van der Waals surface area (Å²) in [5, 5.41) is 7.88. The lowest BCUT2D eigenvalue weighted by Crippen LogP contribution is -2.08. The zero-order valence-corrected chi connectivity index (χ0v) is 11.2. The molecule has 0 saturated heterocycles. The summed E-state index contributed by atoms with van der Waals surface area (Å²) >= 11 is 0. The standard InChI is InChI=1S/C13H24N4/c1-9(2)12-11(14)13(17(3)16-12)15-8-4-5-10-6-7-10/h9-10,15H,4-8,14H2,1-3H3. The minimum absolute atomic E-state index is 0.378. The Morgan fingerprint density at radius 1 is 1.47 bits per heavy atom. The molecule has 3 N–H and O–H groups in total. The van der Waals surface area contributed by atoms with E-state index in [0.717, 1.165) is 29.7 Å². The molecule has 0 atom stereocenters. The zero-order valence-electron chi connectivity index (χ0n) is 11.2. The lowest BCUT2D eigenvalue weighted by Gasteiger charge is -2.07. The van der Waals surface area contributed by atoms with Crippen LogP contribution in [-0.4, -0.2) is 16.3 Å². The van der Waals surface area contributed by atoms with E-state index >= 15 is 0 Å². The molecule has 0 bridgehead atoms. The van der Waals surface area contributed by atoms with Crippen molar-refractivity contribution >= 4 is 11.5 Å². The quantitative estimate of drug-likeness (QED) is 0.747. The SMILES string of the molecule is CC(C)c1nn(C)c(NCCCC2CC2)c1N. The number of aryl methyl sites for hydroxylation is 1. The number of nitrogens with one attached hydrogen (secondary N) is 1. The number of anilines is 2. The van der Waals surface area contributed by atoms with Crippen LogP contribution in [0.4, 0.5) is 11.5 Å². The maximum atomic E-state index is 6.11. The second kappa shape index (κ2) is 4.98. The topological polar surface area (TPSA) is 55.9 Å². The number of nitrogen functional groups attached to an aromatic ring is 1. The first-order valence-electron chi connectivity index (χ1n) is 6.65. The minimum Gasteiger partial charge on any atom is -0.394 e. The van der Waals surface area contributed by atoms with Crippen molar-refractivity contribution in [2.24, 2.45) is 13.0 Å². The van der Waals surface area contributed by atoms with Gasteiger partial charge in [0.05, 0.1) is 11.4 Å². The summed E-state index contributed by atoms with van der Waals surface area (Å²) in [5.74, 6) is 2.36. The van der Waals surface area contributed by atoms with Crippen molar-refractivity contribution in [3.8, 4) is 0 Å².